The zero-order valence-electron chi connectivity index (χ0n) is 12.8. The summed E-state index contributed by atoms with van der Waals surface area (Å²) in [6.07, 6.45) is 0.766. The van der Waals surface area contributed by atoms with Crippen LogP contribution in [0.1, 0.15) is 12.6 Å². The first-order valence-corrected chi connectivity index (χ1v) is 7.24. The molecule has 0 fully saturated rings. The second-order valence-corrected chi connectivity index (χ2v) is 4.99. The Bertz CT molecular complexity index is 864. The van der Waals surface area contributed by atoms with Crippen LogP contribution >= 0.6 is 0 Å². The second-order valence-electron chi connectivity index (χ2n) is 4.99. The predicted molar refractivity (Wildman–Crippen MR) is 86.5 cm³/mol. The number of nitrogens with one attached hydrogen (secondary N) is 1. The van der Waals surface area contributed by atoms with E-state index in [9.17, 15) is 8.78 Å². The van der Waals surface area contributed by atoms with E-state index in [1.54, 1.807) is 6.07 Å². The van der Waals surface area contributed by atoms with E-state index in [2.05, 4.69) is 25.3 Å². The summed E-state index contributed by atoms with van der Waals surface area (Å²) >= 11 is 0. The summed E-state index contributed by atoms with van der Waals surface area (Å²) in [5.41, 5.74) is 7.29. The minimum Gasteiger partial charge on any atom is -0.368 e. The molecule has 0 aliphatic carbocycles. The van der Waals surface area contributed by atoms with Crippen LogP contribution in [0.15, 0.2) is 36.4 Å². The summed E-state index contributed by atoms with van der Waals surface area (Å²) in [6, 6.07) is 8.51. The highest BCUT2D eigenvalue weighted by atomic mass is 19.1. The van der Waals surface area contributed by atoms with Crippen molar-refractivity contribution >= 4 is 17.6 Å². The fourth-order valence-electron chi connectivity index (χ4n) is 2.12. The second kappa shape index (κ2) is 6.53. The van der Waals surface area contributed by atoms with Crippen LogP contribution in [0.4, 0.5) is 26.4 Å². The van der Waals surface area contributed by atoms with Gasteiger partial charge in [-0.15, -0.1) is 0 Å². The number of nitrogen functional groups attached to an aromatic ring is 1. The van der Waals surface area contributed by atoms with Gasteiger partial charge in [0.15, 0.2) is 5.82 Å². The van der Waals surface area contributed by atoms with Gasteiger partial charge in [0, 0.05) is 17.4 Å². The maximum absolute atomic E-state index is 13.3. The molecular formula is C16H14F2N6. The van der Waals surface area contributed by atoms with E-state index in [1.807, 2.05) is 19.1 Å². The molecule has 3 N–H and O–H groups in total. The molecule has 0 radical (unpaired) electrons. The van der Waals surface area contributed by atoms with Crippen LogP contribution < -0.4 is 11.1 Å². The molecule has 0 atom stereocenters. The third-order valence-electron chi connectivity index (χ3n) is 3.17. The van der Waals surface area contributed by atoms with Crippen molar-refractivity contribution in [3.8, 4) is 11.5 Å². The first-order valence-electron chi connectivity index (χ1n) is 7.24. The van der Waals surface area contributed by atoms with Crippen molar-refractivity contribution in [3.63, 3.8) is 0 Å². The van der Waals surface area contributed by atoms with Gasteiger partial charge in [-0.05, 0) is 30.7 Å². The van der Waals surface area contributed by atoms with Crippen LogP contribution in [-0.4, -0.2) is 19.9 Å². The maximum atomic E-state index is 13.3. The number of nitrogens with zero attached hydrogens (tertiary/aromatic N) is 4. The molecule has 2 aromatic heterocycles. The van der Waals surface area contributed by atoms with Crippen molar-refractivity contribution in [2.24, 2.45) is 0 Å². The van der Waals surface area contributed by atoms with E-state index in [1.165, 1.54) is 0 Å². The lowest BCUT2D eigenvalue weighted by atomic mass is 10.2. The summed E-state index contributed by atoms with van der Waals surface area (Å²) in [5, 5.41) is 2.72. The molecule has 0 aliphatic heterocycles. The first kappa shape index (κ1) is 15.7. The number of rotatable bonds is 4. The number of benzene rings is 1. The van der Waals surface area contributed by atoms with Crippen LogP contribution in [0.25, 0.3) is 11.5 Å². The van der Waals surface area contributed by atoms with Crippen molar-refractivity contribution in [3.05, 3.63) is 53.7 Å². The first-order chi connectivity index (χ1) is 11.5. The van der Waals surface area contributed by atoms with Gasteiger partial charge < -0.3 is 11.1 Å². The quantitative estimate of drug-likeness (QED) is 0.765. The maximum Gasteiger partial charge on any atom is 0.232 e. The summed E-state index contributed by atoms with van der Waals surface area (Å²) in [7, 11) is 0. The smallest absolute Gasteiger partial charge is 0.232 e. The summed E-state index contributed by atoms with van der Waals surface area (Å²) in [6.45, 7) is 1.99. The lowest BCUT2D eigenvalue weighted by Gasteiger charge is -2.08. The molecule has 0 unspecified atom stereocenters. The molecular weight excluding hydrogens is 314 g/mol. The number of aryl methyl sites for hydroxylation is 1. The Balaban J connectivity index is 1.96. The molecule has 0 saturated carbocycles. The van der Waals surface area contributed by atoms with Crippen LogP contribution in [0.2, 0.25) is 0 Å². The van der Waals surface area contributed by atoms with E-state index >= 15 is 0 Å². The van der Waals surface area contributed by atoms with Gasteiger partial charge in [0.05, 0.1) is 0 Å². The molecule has 3 aromatic rings. The van der Waals surface area contributed by atoms with Crippen LogP contribution in [0.3, 0.4) is 0 Å². The standard InChI is InChI=1S/C16H14F2N6/c1-2-11-4-3-5-13(20-11)14-22-15(19)24-16(23-14)21-12-7-9(17)6-10(18)8-12/h3-8H,2H2,1H3,(H3,19,21,22,23,24). The van der Waals surface area contributed by atoms with E-state index in [0.717, 1.165) is 30.3 Å². The van der Waals surface area contributed by atoms with Gasteiger partial charge in [-0.2, -0.15) is 15.0 Å². The summed E-state index contributed by atoms with van der Waals surface area (Å²) in [4.78, 5) is 16.6. The molecule has 2 heterocycles. The molecule has 6 nitrogen and oxygen atoms in total. The summed E-state index contributed by atoms with van der Waals surface area (Å²) in [5.74, 6) is -1.10. The Morgan fingerprint density at radius 2 is 1.75 bits per heavy atom. The lowest BCUT2D eigenvalue weighted by Crippen LogP contribution is -2.06. The molecule has 3 rings (SSSR count). The summed E-state index contributed by atoms with van der Waals surface area (Å²) < 4.78 is 26.5. The highest BCUT2D eigenvalue weighted by molar-refractivity contribution is 5.58. The number of aromatic nitrogens is 4. The van der Waals surface area contributed by atoms with Gasteiger partial charge in [0.1, 0.15) is 17.3 Å². The van der Waals surface area contributed by atoms with Gasteiger partial charge in [-0.25, -0.2) is 13.8 Å². The van der Waals surface area contributed by atoms with Crippen molar-refractivity contribution < 1.29 is 8.78 Å². The average Bonchev–Trinajstić information content (AvgIpc) is 2.53. The van der Waals surface area contributed by atoms with E-state index in [-0.39, 0.29) is 23.4 Å². The van der Waals surface area contributed by atoms with Gasteiger partial charge in [-0.3, -0.25) is 0 Å². The van der Waals surface area contributed by atoms with E-state index < -0.39 is 11.6 Å². The fourth-order valence-corrected chi connectivity index (χ4v) is 2.12. The minimum absolute atomic E-state index is 0.0249. The number of hydrogen-bond acceptors (Lipinski definition) is 6. The van der Waals surface area contributed by atoms with Crippen LogP contribution in [0.5, 0.6) is 0 Å². The highest BCUT2D eigenvalue weighted by Gasteiger charge is 2.10. The number of anilines is 3. The van der Waals surface area contributed by atoms with Gasteiger partial charge in [0.2, 0.25) is 11.9 Å². The Morgan fingerprint density at radius 1 is 1.00 bits per heavy atom. The van der Waals surface area contributed by atoms with E-state index in [4.69, 9.17) is 5.73 Å². The number of pyridine rings is 1. The Kier molecular flexibility index (Phi) is 4.28. The Labute approximate surface area is 136 Å². The van der Waals surface area contributed by atoms with Crippen molar-refractivity contribution in [2.75, 3.05) is 11.1 Å². The van der Waals surface area contributed by atoms with Crippen molar-refractivity contribution in [2.45, 2.75) is 13.3 Å². The monoisotopic (exact) mass is 328 g/mol. The average molecular weight is 328 g/mol. The molecule has 8 heteroatoms. The predicted octanol–water partition coefficient (Wildman–Crippen LogP) is 3.10. The molecule has 0 spiro atoms. The number of halogens is 2. The number of hydrogen-bond donors (Lipinski definition) is 2. The fraction of sp³-hybridized carbons (Fsp3) is 0.125. The van der Waals surface area contributed by atoms with Crippen LogP contribution in [-0.2, 0) is 6.42 Å². The number of nitrogens with two attached hydrogens (primary N) is 1. The van der Waals surface area contributed by atoms with Crippen LogP contribution in [0, 0.1) is 11.6 Å². The van der Waals surface area contributed by atoms with Crippen molar-refractivity contribution in [1.82, 2.24) is 19.9 Å². The van der Waals surface area contributed by atoms with E-state index in [0.29, 0.717) is 5.69 Å². The molecule has 0 saturated heterocycles. The minimum atomic E-state index is -0.711. The molecule has 0 bridgehead atoms. The van der Waals surface area contributed by atoms with Gasteiger partial charge in [0.25, 0.3) is 0 Å². The molecule has 24 heavy (non-hydrogen) atoms. The van der Waals surface area contributed by atoms with Gasteiger partial charge in [-0.1, -0.05) is 13.0 Å². The Hall–Kier alpha value is -3.16. The third kappa shape index (κ3) is 3.60. The van der Waals surface area contributed by atoms with Crippen molar-refractivity contribution in [1.29, 1.82) is 0 Å². The third-order valence-corrected chi connectivity index (χ3v) is 3.17. The Morgan fingerprint density at radius 3 is 2.46 bits per heavy atom. The largest absolute Gasteiger partial charge is 0.368 e. The zero-order valence-corrected chi connectivity index (χ0v) is 12.8. The lowest BCUT2D eigenvalue weighted by molar-refractivity contribution is 0.584. The molecule has 1 aromatic carbocycles. The molecule has 0 aliphatic rings. The molecule has 0 amide bonds. The molecule has 122 valence electrons. The van der Waals surface area contributed by atoms with Gasteiger partial charge >= 0.3 is 0 Å². The normalized spacial score (nSPS) is 10.6. The highest BCUT2D eigenvalue weighted by Crippen LogP contribution is 2.20. The zero-order chi connectivity index (χ0) is 17.1. The topological polar surface area (TPSA) is 89.6 Å². The SMILES string of the molecule is CCc1cccc(-c2nc(N)nc(Nc3cc(F)cc(F)c3)n2)n1.